The summed E-state index contributed by atoms with van der Waals surface area (Å²) in [5, 5.41) is 11.0. The Morgan fingerprint density at radius 1 is 1.86 bits per heavy atom. The van der Waals surface area contributed by atoms with Gasteiger partial charge >= 0.3 is 0 Å². The highest BCUT2D eigenvalue weighted by Gasteiger charge is 1.87. The fourth-order valence-corrected chi connectivity index (χ4v) is 0.445. The highest BCUT2D eigenvalue weighted by atomic mass is 35.5. The summed E-state index contributed by atoms with van der Waals surface area (Å²) in [6, 6.07) is 0. The van der Waals surface area contributed by atoms with Crippen LogP contribution in [0.15, 0.2) is 5.16 Å². The van der Waals surface area contributed by atoms with E-state index in [-0.39, 0.29) is 5.17 Å². The first-order chi connectivity index (χ1) is 3.31. The highest BCUT2D eigenvalue weighted by Crippen LogP contribution is 1.94. The van der Waals surface area contributed by atoms with Crippen molar-refractivity contribution in [3.8, 4) is 0 Å². The summed E-state index contributed by atoms with van der Waals surface area (Å²) >= 11 is 5.27. The van der Waals surface area contributed by atoms with Crippen molar-refractivity contribution in [2.45, 2.75) is 19.8 Å². The van der Waals surface area contributed by atoms with Crippen LogP contribution < -0.4 is 0 Å². The van der Waals surface area contributed by atoms with Crippen LogP contribution in [0.5, 0.6) is 0 Å². The Labute approximate surface area is 47.8 Å². The molecule has 3 heteroatoms. The lowest BCUT2D eigenvalue weighted by Crippen LogP contribution is -1.82. The third kappa shape index (κ3) is 3.59. The monoisotopic (exact) mass is 121 g/mol. The molecule has 0 saturated heterocycles. The Bertz CT molecular complexity index is 72.1. The van der Waals surface area contributed by atoms with Gasteiger partial charge in [-0.05, 0) is 6.42 Å². The zero-order valence-corrected chi connectivity index (χ0v) is 4.94. The number of oxime groups is 1. The average molecular weight is 122 g/mol. The van der Waals surface area contributed by atoms with Gasteiger partial charge in [-0.25, -0.2) is 0 Å². The molecule has 0 aromatic rings. The molecule has 0 spiro atoms. The fourth-order valence-electron chi connectivity index (χ4n) is 0.256. The molecule has 0 fully saturated rings. The standard InChI is InChI=1S/C4H8ClNO/c1-2-3-4(5)6-7/h7H,2-3H2,1H3. The fraction of sp³-hybridized carbons (Fsp3) is 0.750. The van der Waals surface area contributed by atoms with Gasteiger partial charge < -0.3 is 5.21 Å². The first-order valence-corrected chi connectivity index (χ1v) is 2.55. The largest absolute Gasteiger partial charge is 0.410 e. The van der Waals surface area contributed by atoms with E-state index in [1.54, 1.807) is 0 Å². The van der Waals surface area contributed by atoms with Gasteiger partial charge in [0.05, 0.1) is 0 Å². The number of nitrogens with zero attached hydrogens (tertiary/aromatic N) is 1. The molecular weight excluding hydrogens is 114 g/mol. The molecule has 0 heterocycles. The molecule has 0 aliphatic carbocycles. The Hall–Kier alpha value is -0.240. The Morgan fingerprint density at radius 3 is 2.57 bits per heavy atom. The molecule has 0 rings (SSSR count). The van der Waals surface area contributed by atoms with Crippen LogP contribution in [-0.2, 0) is 0 Å². The van der Waals surface area contributed by atoms with Crippen LogP contribution in [0.25, 0.3) is 0 Å². The molecule has 0 aromatic heterocycles. The van der Waals surface area contributed by atoms with Gasteiger partial charge in [-0.1, -0.05) is 23.7 Å². The van der Waals surface area contributed by atoms with Crippen LogP contribution in [0.4, 0.5) is 0 Å². The molecule has 42 valence electrons. The van der Waals surface area contributed by atoms with Crippen molar-refractivity contribution in [1.29, 1.82) is 0 Å². The summed E-state index contributed by atoms with van der Waals surface area (Å²) in [5.41, 5.74) is 0. The molecule has 0 atom stereocenters. The summed E-state index contributed by atoms with van der Waals surface area (Å²) < 4.78 is 0. The lowest BCUT2D eigenvalue weighted by Gasteiger charge is -1.84. The number of halogens is 1. The van der Waals surface area contributed by atoms with Crippen molar-refractivity contribution in [2.24, 2.45) is 5.16 Å². The summed E-state index contributed by atoms with van der Waals surface area (Å²) in [5.74, 6) is 0. The van der Waals surface area contributed by atoms with E-state index in [0.717, 1.165) is 6.42 Å². The quantitative estimate of drug-likeness (QED) is 0.337. The smallest absolute Gasteiger partial charge is 0.145 e. The normalized spacial score (nSPS) is 12.0. The second-order valence-corrected chi connectivity index (χ2v) is 1.66. The van der Waals surface area contributed by atoms with Gasteiger partial charge in [-0.3, -0.25) is 0 Å². The number of rotatable bonds is 2. The third-order valence-electron chi connectivity index (χ3n) is 0.565. The topological polar surface area (TPSA) is 32.6 Å². The van der Waals surface area contributed by atoms with Crippen molar-refractivity contribution >= 4 is 16.8 Å². The Balaban J connectivity index is 3.17. The maximum Gasteiger partial charge on any atom is 0.145 e. The minimum atomic E-state index is 0.280. The predicted octanol–water partition coefficient (Wildman–Crippen LogP) is 1.81. The van der Waals surface area contributed by atoms with Gasteiger partial charge in [0, 0.05) is 6.42 Å². The van der Waals surface area contributed by atoms with Crippen molar-refractivity contribution in [2.75, 3.05) is 0 Å². The first kappa shape index (κ1) is 6.76. The van der Waals surface area contributed by atoms with Crippen LogP contribution in [0.1, 0.15) is 19.8 Å². The Morgan fingerprint density at radius 2 is 2.43 bits per heavy atom. The van der Waals surface area contributed by atoms with Crippen molar-refractivity contribution in [3.63, 3.8) is 0 Å². The van der Waals surface area contributed by atoms with E-state index < -0.39 is 0 Å². The maximum atomic E-state index is 7.92. The van der Waals surface area contributed by atoms with Crippen LogP contribution in [0.2, 0.25) is 0 Å². The third-order valence-corrected chi connectivity index (χ3v) is 0.829. The molecule has 7 heavy (non-hydrogen) atoms. The zero-order valence-electron chi connectivity index (χ0n) is 4.19. The lowest BCUT2D eigenvalue weighted by atomic mass is 10.4. The minimum Gasteiger partial charge on any atom is -0.410 e. The van der Waals surface area contributed by atoms with E-state index in [2.05, 4.69) is 5.16 Å². The second-order valence-electron chi connectivity index (χ2n) is 1.23. The first-order valence-electron chi connectivity index (χ1n) is 2.17. The molecule has 2 nitrogen and oxygen atoms in total. The average Bonchev–Trinajstić information content (AvgIpc) is 1.68. The molecule has 0 aromatic carbocycles. The molecule has 1 N–H and O–H groups in total. The summed E-state index contributed by atoms with van der Waals surface area (Å²) in [4.78, 5) is 0. The SMILES string of the molecule is CCCC(Cl)=NO. The molecule has 0 unspecified atom stereocenters. The van der Waals surface area contributed by atoms with E-state index in [4.69, 9.17) is 16.8 Å². The van der Waals surface area contributed by atoms with E-state index >= 15 is 0 Å². The molecular formula is C4H8ClNO. The summed E-state index contributed by atoms with van der Waals surface area (Å²) in [6.45, 7) is 1.97. The van der Waals surface area contributed by atoms with Gasteiger partial charge in [0.1, 0.15) is 5.17 Å². The van der Waals surface area contributed by atoms with E-state index in [1.165, 1.54) is 0 Å². The van der Waals surface area contributed by atoms with Crippen LogP contribution >= 0.6 is 11.6 Å². The molecule has 0 radical (unpaired) electrons. The summed E-state index contributed by atoms with van der Waals surface area (Å²) in [7, 11) is 0. The van der Waals surface area contributed by atoms with E-state index in [0.29, 0.717) is 6.42 Å². The Kier molecular flexibility index (Phi) is 3.80. The zero-order chi connectivity index (χ0) is 5.70. The van der Waals surface area contributed by atoms with Gasteiger partial charge in [0.25, 0.3) is 0 Å². The molecule has 0 aliphatic rings. The van der Waals surface area contributed by atoms with Crippen LogP contribution in [0, 0.1) is 0 Å². The van der Waals surface area contributed by atoms with Gasteiger partial charge in [-0.15, -0.1) is 0 Å². The highest BCUT2D eigenvalue weighted by molar-refractivity contribution is 6.65. The number of hydrogen-bond donors (Lipinski definition) is 1. The lowest BCUT2D eigenvalue weighted by molar-refractivity contribution is 0.319. The molecule has 0 saturated carbocycles. The van der Waals surface area contributed by atoms with Gasteiger partial charge in [0.2, 0.25) is 0 Å². The molecule has 0 bridgehead atoms. The summed E-state index contributed by atoms with van der Waals surface area (Å²) in [6.07, 6.45) is 1.58. The van der Waals surface area contributed by atoms with Crippen molar-refractivity contribution in [3.05, 3.63) is 0 Å². The van der Waals surface area contributed by atoms with Gasteiger partial charge in [0.15, 0.2) is 0 Å². The van der Waals surface area contributed by atoms with Crippen molar-refractivity contribution < 1.29 is 5.21 Å². The van der Waals surface area contributed by atoms with Gasteiger partial charge in [-0.2, -0.15) is 0 Å². The van der Waals surface area contributed by atoms with Crippen LogP contribution in [-0.4, -0.2) is 10.4 Å². The molecule has 0 aliphatic heterocycles. The van der Waals surface area contributed by atoms with E-state index in [1.807, 2.05) is 6.92 Å². The van der Waals surface area contributed by atoms with Crippen LogP contribution in [0.3, 0.4) is 0 Å². The number of hydrogen-bond acceptors (Lipinski definition) is 2. The maximum absolute atomic E-state index is 7.92. The molecule has 0 amide bonds. The predicted molar refractivity (Wildman–Crippen MR) is 30.0 cm³/mol. The second kappa shape index (κ2) is 3.93. The van der Waals surface area contributed by atoms with E-state index in [9.17, 15) is 0 Å². The van der Waals surface area contributed by atoms with Crippen molar-refractivity contribution in [1.82, 2.24) is 0 Å². The minimum absolute atomic E-state index is 0.280.